The summed E-state index contributed by atoms with van der Waals surface area (Å²) in [5, 5.41) is 0. The Balaban J connectivity index is 1.90. The highest BCUT2D eigenvalue weighted by atomic mass is 127. The highest BCUT2D eigenvalue weighted by molar-refractivity contribution is 14.1. The van der Waals surface area contributed by atoms with Crippen LogP contribution in [0.1, 0.15) is 23.2 Å². The zero-order valence-corrected chi connectivity index (χ0v) is 11.0. The highest BCUT2D eigenvalue weighted by Gasteiger charge is 2.18. The Morgan fingerprint density at radius 2 is 2.31 bits per heavy atom. The molecule has 1 fully saturated rings. The molecule has 3 nitrogen and oxygen atoms in total. The predicted octanol–water partition coefficient (Wildman–Crippen LogP) is 2.63. The third-order valence-electron chi connectivity index (χ3n) is 2.52. The molecule has 1 aromatic rings. The van der Waals surface area contributed by atoms with Crippen LogP contribution in [-0.4, -0.2) is 25.3 Å². The minimum Gasteiger partial charge on any atom is -0.459 e. The molecular formula is C12H13IO3. The van der Waals surface area contributed by atoms with Crippen molar-refractivity contribution in [1.82, 2.24) is 0 Å². The van der Waals surface area contributed by atoms with Gasteiger partial charge in [-0.15, -0.1) is 0 Å². The van der Waals surface area contributed by atoms with Gasteiger partial charge in [0.1, 0.15) is 6.61 Å². The van der Waals surface area contributed by atoms with Gasteiger partial charge in [0.2, 0.25) is 0 Å². The fourth-order valence-electron chi connectivity index (χ4n) is 1.65. The maximum absolute atomic E-state index is 11.7. The molecule has 86 valence electrons. The zero-order chi connectivity index (χ0) is 11.4. The van der Waals surface area contributed by atoms with Crippen LogP contribution in [0.5, 0.6) is 0 Å². The molecule has 0 N–H and O–H groups in total. The molecule has 1 aromatic carbocycles. The van der Waals surface area contributed by atoms with Crippen LogP contribution in [0, 0.1) is 3.57 Å². The summed E-state index contributed by atoms with van der Waals surface area (Å²) in [6, 6.07) is 7.41. The summed E-state index contributed by atoms with van der Waals surface area (Å²) in [7, 11) is 0. The molecule has 0 bridgehead atoms. The first-order chi connectivity index (χ1) is 7.77. The second-order valence-electron chi connectivity index (χ2n) is 3.71. The molecule has 0 amide bonds. The average molecular weight is 332 g/mol. The SMILES string of the molecule is O=C(OC[C@@H]1CCCO1)c1ccccc1I. The van der Waals surface area contributed by atoms with Gasteiger partial charge in [0.25, 0.3) is 0 Å². The van der Waals surface area contributed by atoms with E-state index in [-0.39, 0.29) is 12.1 Å². The maximum atomic E-state index is 11.7. The second kappa shape index (κ2) is 5.63. The van der Waals surface area contributed by atoms with Gasteiger partial charge in [-0.3, -0.25) is 0 Å². The quantitative estimate of drug-likeness (QED) is 0.631. The Kier molecular flexibility index (Phi) is 4.17. The molecule has 0 aromatic heterocycles. The van der Waals surface area contributed by atoms with E-state index in [1.54, 1.807) is 6.07 Å². The second-order valence-corrected chi connectivity index (χ2v) is 4.88. The van der Waals surface area contributed by atoms with Crippen molar-refractivity contribution in [2.45, 2.75) is 18.9 Å². The van der Waals surface area contributed by atoms with Crippen LogP contribution in [0.3, 0.4) is 0 Å². The lowest BCUT2D eigenvalue weighted by atomic mass is 10.2. The van der Waals surface area contributed by atoms with Gasteiger partial charge in [0, 0.05) is 10.2 Å². The Bertz CT molecular complexity index is 372. The van der Waals surface area contributed by atoms with E-state index in [1.807, 2.05) is 18.2 Å². The smallest absolute Gasteiger partial charge is 0.339 e. The minimum absolute atomic E-state index is 0.0883. The number of benzene rings is 1. The van der Waals surface area contributed by atoms with E-state index < -0.39 is 0 Å². The van der Waals surface area contributed by atoms with Crippen LogP contribution in [0.2, 0.25) is 0 Å². The molecule has 0 aliphatic carbocycles. The van der Waals surface area contributed by atoms with Gasteiger partial charge >= 0.3 is 5.97 Å². The van der Waals surface area contributed by atoms with Crippen molar-refractivity contribution in [1.29, 1.82) is 0 Å². The highest BCUT2D eigenvalue weighted by Crippen LogP contribution is 2.15. The molecular weight excluding hydrogens is 319 g/mol. The maximum Gasteiger partial charge on any atom is 0.339 e. The summed E-state index contributed by atoms with van der Waals surface area (Å²) in [5.41, 5.74) is 0.626. The molecule has 1 atom stereocenters. The van der Waals surface area contributed by atoms with Gasteiger partial charge in [-0.1, -0.05) is 12.1 Å². The van der Waals surface area contributed by atoms with Crippen molar-refractivity contribution in [3.05, 3.63) is 33.4 Å². The molecule has 4 heteroatoms. The third-order valence-corrected chi connectivity index (χ3v) is 3.46. The third kappa shape index (κ3) is 2.95. The Hall–Kier alpha value is -0.620. The fourth-order valence-corrected chi connectivity index (χ4v) is 2.26. The first-order valence-corrected chi connectivity index (χ1v) is 6.38. The lowest BCUT2D eigenvalue weighted by Crippen LogP contribution is -2.18. The zero-order valence-electron chi connectivity index (χ0n) is 8.82. The molecule has 16 heavy (non-hydrogen) atoms. The molecule has 1 aliphatic heterocycles. The number of carbonyl (C=O) groups excluding carboxylic acids is 1. The van der Waals surface area contributed by atoms with E-state index in [9.17, 15) is 4.79 Å². The molecule has 1 aliphatic rings. The number of carbonyl (C=O) groups is 1. The number of hydrogen-bond acceptors (Lipinski definition) is 3. The van der Waals surface area contributed by atoms with Gasteiger partial charge in [-0.25, -0.2) is 4.79 Å². The lowest BCUT2D eigenvalue weighted by Gasteiger charge is -2.10. The summed E-state index contributed by atoms with van der Waals surface area (Å²) >= 11 is 2.13. The molecule has 1 heterocycles. The van der Waals surface area contributed by atoms with Gasteiger partial charge < -0.3 is 9.47 Å². The van der Waals surface area contributed by atoms with Crippen molar-refractivity contribution < 1.29 is 14.3 Å². The topological polar surface area (TPSA) is 35.5 Å². The Labute approximate surface area is 108 Å². The van der Waals surface area contributed by atoms with Crippen LogP contribution in [0.15, 0.2) is 24.3 Å². The standard InChI is InChI=1S/C12H13IO3/c13-11-6-2-1-5-10(11)12(14)16-8-9-4-3-7-15-9/h1-2,5-6,9H,3-4,7-8H2/t9-/m0/s1. The van der Waals surface area contributed by atoms with Crippen LogP contribution in [0.4, 0.5) is 0 Å². The van der Waals surface area contributed by atoms with Crippen LogP contribution in [-0.2, 0) is 9.47 Å². The number of rotatable bonds is 3. The normalized spacial score (nSPS) is 19.7. The summed E-state index contributed by atoms with van der Waals surface area (Å²) in [6.45, 7) is 1.15. The van der Waals surface area contributed by atoms with Crippen molar-refractivity contribution >= 4 is 28.6 Å². The largest absolute Gasteiger partial charge is 0.459 e. The molecule has 0 spiro atoms. The Morgan fingerprint density at radius 1 is 1.50 bits per heavy atom. The average Bonchev–Trinajstić information content (AvgIpc) is 2.79. The summed E-state index contributed by atoms with van der Waals surface area (Å²) in [5.74, 6) is -0.263. The van der Waals surface area contributed by atoms with Gasteiger partial charge in [0.15, 0.2) is 0 Å². The molecule has 0 saturated carbocycles. The molecule has 0 unspecified atom stereocenters. The van der Waals surface area contributed by atoms with E-state index >= 15 is 0 Å². The van der Waals surface area contributed by atoms with E-state index in [0.29, 0.717) is 12.2 Å². The van der Waals surface area contributed by atoms with Gasteiger partial charge in [0.05, 0.1) is 11.7 Å². The van der Waals surface area contributed by atoms with Crippen molar-refractivity contribution in [3.8, 4) is 0 Å². The van der Waals surface area contributed by atoms with Gasteiger partial charge in [-0.05, 0) is 47.6 Å². The molecule has 1 saturated heterocycles. The van der Waals surface area contributed by atoms with Crippen molar-refractivity contribution in [2.24, 2.45) is 0 Å². The number of ether oxygens (including phenoxy) is 2. The summed E-state index contributed by atoms with van der Waals surface area (Å²) in [4.78, 5) is 11.7. The van der Waals surface area contributed by atoms with E-state index in [1.165, 1.54) is 0 Å². The summed E-state index contributed by atoms with van der Waals surface area (Å²) in [6.07, 6.45) is 2.13. The predicted molar refractivity (Wildman–Crippen MR) is 68.4 cm³/mol. The van der Waals surface area contributed by atoms with Crippen LogP contribution in [0.25, 0.3) is 0 Å². The van der Waals surface area contributed by atoms with E-state index in [4.69, 9.17) is 9.47 Å². The molecule has 0 radical (unpaired) electrons. The summed E-state index contributed by atoms with van der Waals surface area (Å²) < 4.78 is 11.5. The van der Waals surface area contributed by atoms with Crippen molar-refractivity contribution in [2.75, 3.05) is 13.2 Å². The van der Waals surface area contributed by atoms with E-state index in [0.717, 1.165) is 23.0 Å². The first kappa shape index (κ1) is 11.9. The number of halogens is 1. The van der Waals surface area contributed by atoms with Gasteiger partial charge in [-0.2, -0.15) is 0 Å². The monoisotopic (exact) mass is 332 g/mol. The number of esters is 1. The Morgan fingerprint density at radius 3 is 3.00 bits per heavy atom. The fraction of sp³-hybridized carbons (Fsp3) is 0.417. The van der Waals surface area contributed by atoms with E-state index in [2.05, 4.69) is 22.6 Å². The minimum atomic E-state index is -0.263. The van der Waals surface area contributed by atoms with Crippen LogP contribution >= 0.6 is 22.6 Å². The first-order valence-electron chi connectivity index (χ1n) is 5.30. The van der Waals surface area contributed by atoms with Crippen molar-refractivity contribution in [3.63, 3.8) is 0 Å². The molecule has 2 rings (SSSR count). The number of hydrogen-bond donors (Lipinski definition) is 0. The lowest BCUT2D eigenvalue weighted by molar-refractivity contribution is 0.0160. The van der Waals surface area contributed by atoms with Crippen LogP contribution < -0.4 is 0 Å².